The van der Waals surface area contributed by atoms with E-state index in [1.165, 1.54) is 24.3 Å². The number of hydrogen-bond donors (Lipinski definition) is 0. The Hall–Kier alpha value is -2.00. The van der Waals surface area contributed by atoms with E-state index in [1.807, 2.05) is 0 Å². The lowest BCUT2D eigenvalue weighted by atomic mass is 10.1. The third-order valence-corrected chi connectivity index (χ3v) is 4.46. The number of nitrogens with zero attached hydrogens (tertiary/aromatic N) is 1. The number of anilines is 1. The molecule has 1 aromatic rings. The van der Waals surface area contributed by atoms with E-state index in [9.17, 15) is 22.8 Å². The summed E-state index contributed by atoms with van der Waals surface area (Å²) in [5.74, 6) is -1.83. The number of carbonyl (C=O) groups is 2. The molecule has 0 saturated carbocycles. The van der Waals surface area contributed by atoms with Crippen molar-refractivity contribution in [1.29, 1.82) is 0 Å². The molecule has 2 heterocycles. The van der Waals surface area contributed by atoms with E-state index in [2.05, 4.69) is 4.74 Å². The van der Waals surface area contributed by atoms with Gasteiger partial charge in [0.25, 0.3) is 11.6 Å². The number of benzene rings is 1. The van der Waals surface area contributed by atoms with E-state index in [0.717, 1.165) is 7.11 Å². The summed E-state index contributed by atoms with van der Waals surface area (Å²) >= 11 is 0.600. The predicted molar refractivity (Wildman–Crippen MR) is 75.3 cm³/mol. The van der Waals surface area contributed by atoms with Crippen LogP contribution in [0.4, 0.5) is 18.9 Å². The molecule has 23 heavy (non-hydrogen) atoms. The molecular weight excluding hydrogens is 335 g/mol. The zero-order valence-electron chi connectivity index (χ0n) is 11.7. The van der Waals surface area contributed by atoms with Crippen LogP contribution in [0.15, 0.2) is 41.3 Å². The minimum Gasteiger partial charge on any atom is -0.465 e. The third-order valence-electron chi connectivity index (χ3n) is 3.41. The van der Waals surface area contributed by atoms with Gasteiger partial charge in [0.1, 0.15) is 0 Å². The van der Waals surface area contributed by atoms with Crippen LogP contribution in [-0.2, 0) is 19.1 Å². The highest BCUT2D eigenvalue weighted by molar-refractivity contribution is 8.05. The number of rotatable bonds is 2. The molecule has 122 valence electrons. The first kappa shape index (κ1) is 15.9. The van der Waals surface area contributed by atoms with Crippen LogP contribution in [0.1, 0.15) is 0 Å². The zero-order valence-corrected chi connectivity index (χ0v) is 12.5. The highest BCUT2D eigenvalue weighted by Gasteiger charge is 2.69. The summed E-state index contributed by atoms with van der Waals surface area (Å²) in [4.78, 5) is 24.2. The van der Waals surface area contributed by atoms with Gasteiger partial charge in [0, 0.05) is 5.69 Å². The Balaban J connectivity index is 2.19. The molecule has 2 unspecified atom stereocenters. The van der Waals surface area contributed by atoms with E-state index in [4.69, 9.17) is 4.74 Å². The van der Waals surface area contributed by atoms with Gasteiger partial charge in [-0.05, 0) is 18.2 Å². The number of alkyl halides is 3. The first-order chi connectivity index (χ1) is 10.8. The fraction of sp³-hybridized carbons (Fsp3) is 0.286. The molecule has 0 aromatic heterocycles. The molecule has 1 saturated heterocycles. The number of halogens is 3. The SMILES string of the molecule is COC(=O)C1=CC2(C(F)(F)F)OC(S1)C(=O)N2c1ccccc1. The summed E-state index contributed by atoms with van der Waals surface area (Å²) in [6, 6.07) is 7.36. The van der Waals surface area contributed by atoms with Gasteiger partial charge >= 0.3 is 12.1 Å². The normalized spacial score (nSPS) is 27.0. The smallest absolute Gasteiger partial charge is 0.441 e. The van der Waals surface area contributed by atoms with E-state index in [1.54, 1.807) is 6.07 Å². The average Bonchev–Trinajstić information content (AvgIpc) is 2.74. The van der Waals surface area contributed by atoms with Gasteiger partial charge in [-0.25, -0.2) is 4.79 Å². The van der Waals surface area contributed by atoms with Crippen molar-refractivity contribution in [1.82, 2.24) is 0 Å². The van der Waals surface area contributed by atoms with E-state index in [0.29, 0.717) is 22.7 Å². The summed E-state index contributed by atoms with van der Waals surface area (Å²) < 4.78 is 50.7. The second kappa shape index (κ2) is 5.27. The van der Waals surface area contributed by atoms with Crippen LogP contribution < -0.4 is 4.90 Å². The Morgan fingerprint density at radius 3 is 2.57 bits per heavy atom. The zero-order chi connectivity index (χ0) is 16.8. The molecule has 2 bridgehead atoms. The summed E-state index contributed by atoms with van der Waals surface area (Å²) in [6.07, 6.45) is -4.34. The van der Waals surface area contributed by atoms with Gasteiger partial charge in [-0.2, -0.15) is 13.2 Å². The predicted octanol–water partition coefficient (Wildman–Crippen LogP) is 2.44. The molecule has 0 N–H and O–H groups in total. The fourth-order valence-electron chi connectivity index (χ4n) is 2.41. The first-order valence-electron chi connectivity index (χ1n) is 6.41. The monoisotopic (exact) mass is 345 g/mol. The van der Waals surface area contributed by atoms with Gasteiger partial charge in [-0.3, -0.25) is 9.69 Å². The lowest BCUT2D eigenvalue weighted by Gasteiger charge is -2.36. The molecule has 0 aliphatic carbocycles. The van der Waals surface area contributed by atoms with Crippen molar-refractivity contribution in [3.63, 3.8) is 0 Å². The Kier molecular flexibility index (Phi) is 3.64. The Morgan fingerprint density at radius 2 is 2.00 bits per heavy atom. The number of amides is 1. The number of methoxy groups -OCH3 is 1. The maximum atomic E-state index is 13.7. The van der Waals surface area contributed by atoms with Gasteiger partial charge in [-0.1, -0.05) is 30.0 Å². The third kappa shape index (κ3) is 2.31. The Labute approximate surface area is 133 Å². The maximum absolute atomic E-state index is 13.7. The van der Waals surface area contributed by atoms with Gasteiger partial charge < -0.3 is 9.47 Å². The van der Waals surface area contributed by atoms with Crippen LogP contribution in [0, 0.1) is 0 Å². The lowest BCUT2D eigenvalue weighted by molar-refractivity contribution is -0.244. The number of hydrogen-bond acceptors (Lipinski definition) is 5. The van der Waals surface area contributed by atoms with Gasteiger partial charge in [0.15, 0.2) is 5.44 Å². The molecule has 2 aliphatic rings. The number of ether oxygens (including phenoxy) is 2. The molecule has 2 atom stereocenters. The second-order valence-electron chi connectivity index (χ2n) is 4.77. The Bertz CT molecular complexity index is 691. The van der Waals surface area contributed by atoms with Gasteiger partial charge in [0.2, 0.25) is 0 Å². The minimum atomic E-state index is -4.94. The van der Waals surface area contributed by atoms with Crippen molar-refractivity contribution in [3.8, 4) is 0 Å². The van der Waals surface area contributed by atoms with Crippen LogP contribution in [0.3, 0.4) is 0 Å². The van der Waals surface area contributed by atoms with Gasteiger partial charge in [0.05, 0.1) is 12.0 Å². The molecule has 9 heteroatoms. The van der Waals surface area contributed by atoms with Crippen LogP contribution in [0.25, 0.3) is 0 Å². The molecule has 0 spiro atoms. The van der Waals surface area contributed by atoms with Crippen LogP contribution >= 0.6 is 11.8 Å². The molecule has 5 nitrogen and oxygen atoms in total. The van der Waals surface area contributed by atoms with Crippen molar-refractivity contribution < 1.29 is 32.2 Å². The second-order valence-corrected chi connectivity index (χ2v) is 5.87. The van der Waals surface area contributed by atoms with Crippen molar-refractivity contribution >= 4 is 29.3 Å². The number of fused-ring (bicyclic) bond motifs is 2. The van der Waals surface area contributed by atoms with Crippen molar-refractivity contribution in [2.24, 2.45) is 0 Å². The molecule has 1 amide bonds. The quantitative estimate of drug-likeness (QED) is 0.771. The van der Waals surface area contributed by atoms with E-state index >= 15 is 0 Å². The lowest BCUT2D eigenvalue weighted by Crippen LogP contribution is -2.56. The summed E-state index contributed by atoms with van der Waals surface area (Å²) in [5, 5.41) is 0. The molecule has 3 rings (SSSR count). The number of para-hydroxylation sites is 1. The number of carbonyl (C=O) groups excluding carboxylic acids is 2. The summed E-state index contributed by atoms with van der Waals surface area (Å²) in [6.45, 7) is 0. The van der Waals surface area contributed by atoms with Crippen molar-refractivity contribution in [3.05, 3.63) is 41.3 Å². The first-order valence-corrected chi connectivity index (χ1v) is 7.29. The largest absolute Gasteiger partial charge is 0.465 e. The highest BCUT2D eigenvalue weighted by atomic mass is 32.2. The number of thioether (sulfide) groups is 1. The summed E-state index contributed by atoms with van der Waals surface area (Å²) in [5.41, 5.74) is -4.46. The van der Waals surface area contributed by atoms with Crippen LogP contribution in [0.2, 0.25) is 0 Å². The molecule has 0 radical (unpaired) electrons. The fourth-order valence-corrected chi connectivity index (χ4v) is 3.45. The topological polar surface area (TPSA) is 55.8 Å². The molecule has 1 fully saturated rings. The summed E-state index contributed by atoms with van der Waals surface area (Å²) in [7, 11) is 1.05. The molecular formula is C14H10F3NO4S. The van der Waals surface area contributed by atoms with Crippen LogP contribution in [-0.4, -0.2) is 36.3 Å². The molecule has 1 aromatic carbocycles. The average molecular weight is 345 g/mol. The van der Waals surface area contributed by atoms with Crippen molar-refractivity contribution in [2.75, 3.05) is 12.0 Å². The molecule has 2 aliphatic heterocycles. The van der Waals surface area contributed by atoms with Crippen molar-refractivity contribution in [2.45, 2.75) is 17.3 Å². The number of esters is 1. The van der Waals surface area contributed by atoms with E-state index in [-0.39, 0.29) is 10.6 Å². The van der Waals surface area contributed by atoms with Gasteiger partial charge in [-0.15, -0.1) is 0 Å². The van der Waals surface area contributed by atoms with E-state index < -0.39 is 29.2 Å². The van der Waals surface area contributed by atoms with Crippen LogP contribution in [0.5, 0.6) is 0 Å². The minimum absolute atomic E-state index is 0.0280. The highest BCUT2D eigenvalue weighted by Crippen LogP contribution is 2.52. The Morgan fingerprint density at radius 1 is 1.35 bits per heavy atom. The maximum Gasteiger partial charge on any atom is 0.441 e. The standard InChI is InChI=1S/C14H10F3NO4S/c1-21-11(20)9-7-13(14(15,16)17)18(8-5-3-2-4-6-8)10(19)12(22-13)23-9/h2-7,12H,1H3.